The van der Waals surface area contributed by atoms with Crippen molar-refractivity contribution in [2.45, 2.75) is 26.4 Å². The lowest BCUT2D eigenvalue weighted by molar-refractivity contribution is 0.0849. The van der Waals surface area contributed by atoms with Gasteiger partial charge in [-0.25, -0.2) is 4.98 Å². The van der Waals surface area contributed by atoms with Crippen LogP contribution < -0.4 is 14.8 Å². The number of carbonyl (C=O) groups excluding carboxylic acids is 1. The highest BCUT2D eigenvalue weighted by Gasteiger charge is 2.32. The molecule has 0 spiro atoms. The maximum absolute atomic E-state index is 12.2. The number of hydrogen-bond acceptors (Lipinski definition) is 4. The summed E-state index contributed by atoms with van der Waals surface area (Å²) in [5.41, 5.74) is 1.32. The number of amides is 1. The number of nitrogens with zero attached hydrogens (tertiary/aromatic N) is 1. The highest BCUT2D eigenvalue weighted by molar-refractivity contribution is 5.94. The maximum Gasteiger partial charge on any atom is 0.271 e. The van der Waals surface area contributed by atoms with Gasteiger partial charge in [-0.05, 0) is 24.0 Å². The molecule has 6 nitrogen and oxygen atoms in total. The molecule has 0 aliphatic carbocycles. The van der Waals surface area contributed by atoms with Crippen molar-refractivity contribution in [2.75, 3.05) is 13.2 Å². The van der Waals surface area contributed by atoms with Gasteiger partial charge < -0.3 is 19.8 Å². The van der Waals surface area contributed by atoms with E-state index in [2.05, 4.69) is 29.1 Å². The molecule has 0 saturated heterocycles. The molecule has 2 aliphatic rings. The zero-order valence-electron chi connectivity index (χ0n) is 13.2. The minimum absolute atomic E-state index is 0.0127. The van der Waals surface area contributed by atoms with Crippen LogP contribution in [0.5, 0.6) is 11.5 Å². The molecule has 0 saturated carbocycles. The van der Waals surface area contributed by atoms with Crippen LogP contribution in [0.3, 0.4) is 0 Å². The second-order valence-electron chi connectivity index (χ2n) is 6.84. The number of imidazole rings is 1. The number of ether oxygens (including phenoxy) is 2. The molecule has 1 aromatic carbocycles. The Morgan fingerprint density at radius 1 is 1.26 bits per heavy atom. The molecular weight excluding hydrogens is 294 g/mol. The van der Waals surface area contributed by atoms with Crippen molar-refractivity contribution in [3.63, 3.8) is 0 Å². The molecule has 2 aliphatic heterocycles. The number of benzene rings is 1. The number of nitrogens with one attached hydrogen (secondary N) is 2. The lowest BCUT2D eigenvalue weighted by Gasteiger charge is -2.25. The first kappa shape index (κ1) is 14.1. The van der Waals surface area contributed by atoms with Crippen molar-refractivity contribution in [3.8, 4) is 11.5 Å². The Morgan fingerprint density at radius 3 is 2.87 bits per heavy atom. The van der Waals surface area contributed by atoms with Gasteiger partial charge in [-0.1, -0.05) is 26.0 Å². The largest absolute Gasteiger partial charge is 0.485 e. The van der Waals surface area contributed by atoms with Crippen LogP contribution in [0.2, 0.25) is 0 Å². The number of para-hydroxylation sites is 2. The molecule has 0 fully saturated rings. The third-order valence-electron chi connectivity index (χ3n) is 4.21. The number of aromatic amines is 1. The Labute approximate surface area is 134 Å². The highest BCUT2D eigenvalue weighted by atomic mass is 16.6. The summed E-state index contributed by atoms with van der Waals surface area (Å²) in [6, 6.07) is 7.55. The lowest BCUT2D eigenvalue weighted by Crippen LogP contribution is -2.32. The summed E-state index contributed by atoms with van der Waals surface area (Å²) in [6.07, 6.45) is 0.422. The number of H-pyrrole nitrogens is 1. The van der Waals surface area contributed by atoms with Crippen LogP contribution in [0.4, 0.5) is 0 Å². The lowest BCUT2D eigenvalue weighted by atomic mass is 9.88. The van der Waals surface area contributed by atoms with E-state index in [1.165, 1.54) is 0 Å². The topological polar surface area (TPSA) is 76.2 Å². The van der Waals surface area contributed by atoms with Gasteiger partial charge in [0.15, 0.2) is 23.4 Å². The Bertz CT molecular complexity index is 766. The second kappa shape index (κ2) is 5.01. The average molecular weight is 313 g/mol. The first-order valence-corrected chi connectivity index (χ1v) is 7.77. The number of aromatic nitrogens is 2. The summed E-state index contributed by atoms with van der Waals surface area (Å²) >= 11 is 0. The summed E-state index contributed by atoms with van der Waals surface area (Å²) in [4.78, 5) is 20.0. The fourth-order valence-electron chi connectivity index (χ4n) is 3.00. The first-order chi connectivity index (χ1) is 11.0. The van der Waals surface area contributed by atoms with Gasteiger partial charge >= 0.3 is 0 Å². The van der Waals surface area contributed by atoms with E-state index in [0.29, 0.717) is 30.4 Å². The SMILES string of the molecule is CC1(C)CNC(=O)c2nc([C@H]3COc4ccccc4O3)[nH]c2C1. The molecule has 0 bridgehead atoms. The van der Waals surface area contributed by atoms with Crippen LogP contribution in [0.1, 0.15) is 42.0 Å². The third kappa shape index (κ3) is 2.54. The van der Waals surface area contributed by atoms with Crippen molar-refractivity contribution in [3.05, 3.63) is 41.5 Å². The van der Waals surface area contributed by atoms with Crippen LogP contribution in [-0.2, 0) is 6.42 Å². The minimum atomic E-state index is -0.340. The fourth-order valence-corrected chi connectivity index (χ4v) is 3.00. The number of carbonyl (C=O) groups is 1. The molecule has 0 radical (unpaired) electrons. The van der Waals surface area contributed by atoms with Crippen LogP contribution in [0.25, 0.3) is 0 Å². The van der Waals surface area contributed by atoms with E-state index in [9.17, 15) is 4.79 Å². The molecular formula is C17H19N3O3. The molecule has 120 valence electrons. The number of rotatable bonds is 1. The van der Waals surface area contributed by atoms with E-state index in [1.54, 1.807) is 0 Å². The summed E-state index contributed by atoms with van der Waals surface area (Å²) in [7, 11) is 0. The molecule has 2 N–H and O–H groups in total. The molecule has 1 amide bonds. The number of hydrogen-bond donors (Lipinski definition) is 2. The van der Waals surface area contributed by atoms with Gasteiger partial charge in [0.2, 0.25) is 0 Å². The summed E-state index contributed by atoms with van der Waals surface area (Å²) < 4.78 is 11.7. The van der Waals surface area contributed by atoms with Crippen molar-refractivity contribution in [1.82, 2.24) is 15.3 Å². The van der Waals surface area contributed by atoms with Crippen LogP contribution in [0, 0.1) is 5.41 Å². The zero-order chi connectivity index (χ0) is 16.0. The quantitative estimate of drug-likeness (QED) is 0.846. The van der Waals surface area contributed by atoms with Gasteiger partial charge in [-0.2, -0.15) is 0 Å². The Hall–Kier alpha value is -2.50. The first-order valence-electron chi connectivity index (χ1n) is 7.77. The standard InChI is InChI=1S/C17H19N3O3/c1-17(2)7-10-14(16(21)18-9-17)20-15(19-10)13-8-22-11-5-3-4-6-12(11)23-13/h3-6,13H,7-9H2,1-2H3,(H,18,21)(H,19,20)/t13-/m1/s1. The molecule has 2 aromatic rings. The summed E-state index contributed by atoms with van der Waals surface area (Å²) in [5.74, 6) is 1.93. The van der Waals surface area contributed by atoms with Crippen LogP contribution >= 0.6 is 0 Å². The second-order valence-corrected chi connectivity index (χ2v) is 6.84. The van der Waals surface area contributed by atoms with Gasteiger partial charge in [0.1, 0.15) is 12.3 Å². The molecule has 3 heterocycles. The molecule has 4 rings (SSSR count). The van der Waals surface area contributed by atoms with E-state index < -0.39 is 0 Å². The van der Waals surface area contributed by atoms with Gasteiger partial charge in [-0.15, -0.1) is 0 Å². The van der Waals surface area contributed by atoms with Gasteiger partial charge in [0.25, 0.3) is 5.91 Å². The van der Waals surface area contributed by atoms with E-state index >= 15 is 0 Å². The molecule has 0 unspecified atom stereocenters. The van der Waals surface area contributed by atoms with E-state index in [-0.39, 0.29) is 17.4 Å². The highest BCUT2D eigenvalue weighted by Crippen LogP contribution is 2.36. The summed E-state index contributed by atoms with van der Waals surface area (Å²) in [6.45, 7) is 5.26. The molecule has 23 heavy (non-hydrogen) atoms. The smallest absolute Gasteiger partial charge is 0.271 e. The summed E-state index contributed by atoms with van der Waals surface area (Å²) in [5, 5.41) is 2.93. The van der Waals surface area contributed by atoms with Crippen molar-refractivity contribution in [1.29, 1.82) is 0 Å². The maximum atomic E-state index is 12.2. The van der Waals surface area contributed by atoms with Gasteiger partial charge in [0.05, 0.1) is 0 Å². The minimum Gasteiger partial charge on any atom is -0.485 e. The monoisotopic (exact) mass is 313 g/mol. The van der Waals surface area contributed by atoms with E-state index in [4.69, 9.17) is 9.47 Å². The van der Waals surface area contributed by atoms with Crippen molar-refractivity contribution in [2.24, 2.45) is 5.41 Å². The normalized spacial score (nSPS) is 22.0. The third-order valence-corrected chi connectivity index (χ3v) is 4.21. The molecule has 1 atom stereocenters. The van der Waals surface area contributed by atoms with Gasteiger partial charge in [0, 0.05) is 12.2 Å². The van der Waals surface area contributed by atoms with Crippen LogP contribution in [-0.4, -0.2) is 29.0 Å². The van der Waals surface area contributed by atoms with Crippen LogP contribution in [0.15, 0.2) is 24.3 Å². The Kier molecular flexibility index (Phi) is 3.07. The van der Waals surface area contributed by atoms with E-state index in [0.717, 1.165) is 17.9 Å². The Morgan fingerprint density at radius 2 is 2.04 bits per heavy atom. The molecule has 1 aromatic heterocycles. The zero-order valence-corrected chi connectivity index (χ0v) is 13.2. The predicted molar refractivity (Wildman–Crippen MR) is 83.7 cm³/mol. The van der Waals surface area contributed by atoms with Crippen molar-refractivity contribution < 1.29 is 14.3 Å². The predicted octanol–water partition coefficient (Wildman–Crippen LogP) is 2.23. The van der Waals surface area contributed by atoms with E-state index in [1.807, 2.05) is 24.3 Å². The average Bonchev–Trinajstić information content (AvgIpc) is 2.91. The number of fused-ring (bicyclic) bond motifs is 2. The van der Waals surface area contributed by atoms with Gasteiger partial charge in [-0.3, -0.25) is 4.79 Å². The van der Waals surface area contributed by atoms with Crippen molar-refractivity contribution >= 4 is 5.91 Å². The molecule has 6 heteroatoms. The Balaban J connectivity index is 1.65. The fraction of sp³-hybridized carbons (Fsp3) is 0.412.